The summed E-state index contributed by atoms with van der Waals surface area (Å²) in [6.07, 6.45) is 5.67. The number of rotatable bonds is 11. The molecule has 3 N–H and O–H groups in total. The van der Waals surface area contributed by atoms with Gasteiger partial charge in [0, 0.05) is 34.4 Å². The Morgan fingerprint density at radius 3 is 2.43 bits per heavy atom. The van der Waals surface area contributed by atoms with E-state index >= 15 is 0 Å². The van der Waals surface area contributed by atoms with Crippen molar-refractivity contribution < 1.29 is 13.6 Å². The Labute approximate surface area is 171 Å². The fraction of sp³-hybridized carbons (Fsp3) is 0.636. The molecule has 158 valence electrons. The smallest absolute Gasteiger partial charge is 0.372 e. The lowest BCUT2D eigenvalue weighted by Crippen LogP contribution is -2.82. The van der Waals surface area contributed by atoms with Crippen LogP contribution in [0.2, 0.25) is 6.04 Å². The lowest BCUT2D eigenvalue weighted by molar-refractivity contribution is -0.0944. The SMILES string of the molecule is C=CC1CC[Si](OC)(OC)C(CCC)(OC)C1(Cc1ccccc1)NCCN. The summed E-state index contributed by atoms with van der Waals surface area (Å²) in [5.74, 6) is 0.219. The van der Waals surface area contributed by atoms with Crippen LogP contribution in [0.5, 0.6) is 0 Å². The average Bonchev–Trinajstić information content (AvgIpc) is 2.74. The summed E-state index contributed by atoms with van der Waals surface area (Å²) >= 11 is 0. The highest BCUT2D eigenvalue weighted by Crippen LogP contribution is 2.53. The number of methoxy groups -OCH3 is 1. The Hall–Kier alpha value is -1.02. The molecule has 1 saturated heterocycles. The zero-order chi connectivity index (χ0) is 20.7. The van der Waals surface area contributed by atoms with Gasteiger partial charge in [0.15, 0.2) is 0 Å². The summed E-state index contributed by atoms with van der Waals surface area (Å²) in [4.78, 5) is 0. The van der Waals surface area contributed by atoms with Gasteiger partial charge in [-0.05, 0) is 36.8 Å². The van der Waals surface area contributed by atoms with Crippen molar-refractivity contribution in [2.24, 2.45) is 11.7 Å². The van der Waals surface area contributed by atoms with Gasteiger partial charge in [0.1, 0.15) is 5.22 Å². The van der Waals surface area contributed by atoms with E-state index in [-0.39, 0.29) is 5.92 Å². The zero-order valence-corrected chi connectivity index (χ0v) is 19.0. The second-order valence-electron chi connectivity index (χ2n) is 7.67. The van der Waals surface area contributed by atoms with E-state index in [9.17, 15) is 0 Å². The predicted octanol–water partition coefficient (Wildman–Crippen LogP) is 3.18. The third-order valence-electron chi connectivity index (χ3n) is 6.56. The third-order valence-corrected chi connectivity index (χ3v) is 11.0. The van der Waals surface area contributed by atoms with Gasteiger partial charge < -0.3 is 24.6 Å². The second kappa shape index (κ2) is 10.1. The summed E-state index contributed by atoms with van der Waals surface area (Å²) in [5, 5.41) is 3.27. The number of benzene rings is 1. The van der Waals surface area contributed by atoms with Crippen LogP contribution in [-0.4, -0.2) is 53.7 Å². The molecule has 0 saturated carbocycles. The minimum Gasteiger partial charge on any atom is -0.396 e. The normalized spacial score (nSPS) is 29.5. The van der Waals surface area contributed by atoms with Gasteiger partial charge >= 0.3 is 8.56 Å². The molecule has 0 spiro atoms. The highest BCUT2D eigenvalue weighted by molar-refractivity contribution is 6.71. The van der Waals surface area contributed by atoms with E-state index < -0.39 is 19.3 Å². The first-order valence-electron chi connectivity index (χ1n) is 10.3. The molecule has 1 aliphatic heterocycles. The van der Waals surface area contributed by atoms with Crippen LogP contribution in [0.1, 0.15) is 31.7 Å². The van der Waals surface area contributed by atoms with Gasteiger partial charge in [0.05, 0.1) is 5.54 Å². The first kappa shape index (κ1) is 23.3. The van der Waals surface area contributed by atoms with Gasteiger partial charge in [-0.25, -0.2) is 0 Å². The Kier molecular flexibility index (Phi) is 8.42. The molecule has 2 rings (SSSR count). The van der Waals surface area contributed by atoms with Crippen molar-refractivity contribution >= 4 is 8.56 Å². The second-order valence-corrected chi connectivity index (χ2v) is 11.3. The Bertz CT molecular complexity index is 611. The van der Waals surface area contributed by atoms with Gasteiger partial charge in [-0.2, -0.15) is 0 Å². The van der Waals surface area contributed by atoms with Gasteiger partial charge in [-0.1, -0.05) is 49.8 Å². The van der Waals surface area contributed by atoms with Gasteiger partial charge in [-0.15, -0.1) is 6.58 Å². The van der Waals surface area contributed by atoms with Crippen LogP contribution in [0.25, 0.3) is 0 Å². The van der Waals surface area contributed by atoms with Crippen LogP contribution < -0.4 is 11.1 Å². The predicted molar refractivity (Wildman–Crippen MR) is 117 cm³/mol. The fourth-order valence-corrected chi connectivity index (χ4v) is 9.71. The van der Waals surface area contributed by atoms with Crippen molar-refractivity contribution in [1.29, 1.82) is 0 Å². The number of nitrogens with one attached hydrogen (secondary N) is 1. The van der Waals surface area contributed by atoms with E-state index in [0.717, 1.165) is 31.7 Å². The van der Waals surface area contributed by atoms with Gasteiger partial charge in [0.2, 0.25) is 0 Å². The Morgan fingerprint density at radius 2 is 1.93 bits per heavy atom. The van der Waals surface area contributed by atoms with Crippen molar-refractivity contribution in [2.45, 2.75) is 49.4 Å². The van der Waals surface area contributed by atoms with Crippen molar-refractivity contribution in [3.05, 3.63) is 48.6 Å². The Morgan fingerprint density at radius 1 is 1.25 bits per heavy atom. The minimum absolute atomic E-state index is 0.219. The molecule has 0 amide bonds. The molecule has 5 nitrogen and oxygen atoms in total. The molecule has 1 aromatic carbocycles. The monoisotopic (exact) mass is 406 g/mol. The van der Waals surface area contributed by atoms with Crippen molar-refractivity contribution in [3.63, 3.8) is 0 Å². The van der Waals surface area contributed by atoms with E-state index in [1.54, 1.807) is 14.2 Å². The summed E-state index contributed by atoms with van der Waals surface area (Å²) in [6, 6.07) is 11.5. The lowest BCUT2D eigenvalue weighted by atomic mass is 9.71. The Balaban J connectivity index is 2.74. The molecular weight excluding hydrogens is 368 g/mol. The van der Waals surface area contributed by atoms with E-state index in [2.05, 4.69) is 49.2 Å². The first-order chi connectivity index (χ1) is 13.5. The van der Waals surface area contributed by atoms with Crippen molar-refractivity contribution in [3.8, 4) is 0 Å². The third kappa shape index (κ3) is 3.74. The summed E-state index contributed by atoms with van der Waals surface area (Å²) < 4.78 is 19.0. The number of hydrogen-bond donors (Lipinski definition) is 2. The zero-order valence-electron chi connectivity index (χ0n) is 18.0. The molecule has 0 bridgehead atoms. The van der Waals surface area contributed by atoms with Crippen molar-refractivity contribution in [2.75, 3.05) is 34.4 Å². The number of hydrogen-bond acceptors (Lipinski definition) is 5. The maximum absolute atomic E-state index is 6.49. The molecule has 0 aromatic heterocycles. The largest absolute Gasteiger partial charge is 0.396 e. The lowest BCUT2D eigenvalue weighted by Gasteiger charge is -2.62. The van der Waals surface area contributed by atoms with Gasteiger partial charge in [0.25, 0.3) is 0 Å². The maximum Gasteiger partial charge on any atom is 0.372 e. The topological polar surface area (TPSA) is 65.7 Å². The molecule has 0 radical (unpaired) electrons. The number of ether oxygens (including phenoxy) is 1. The summed E-state index contributed by atoms with van der Waals surface area (Å²) in [6.45, 7) is 7.64. The fourth-order valence-electron chi connectivity index (χ4n) is 5.40. The van der Waals surface area contributed by atoms with E-state index in [0.29, 0.717) is 13.1 Å². The highest BCUT2D eigenvalue weighted by atomic mass is 28.4. The molecule has 1 fully saturated rings. The molecule has 6 heteroatoms. The first-order valence-corrected chi connectivity index (χ1v) is 12.3. The van der Waals surface area contributed by atoms with E-state index in [1.807, 2.05) is 13.2 Å². The van der Waals surface area contributed by atoms with E-state index in [4.69, 9.17) is 19.3 Å². The van der Waals surface area contributed by atoms with Crippen LogP contribution in [0.15, 0.2) is 43.0 Å². The average molecular weight is 407 g/mol. The van der Waals surface area contributed by atoms with Crippen LogP contribution >= 0.6 is 0 Å². The molecule has 3 atom stereocenters. The molecule has 1 aromatic rings. The van der Waals surface area contributed by atoms with Gasteiger partial charge in [-0.3, -0.25) is 0 Å². The van der Waals surface area contributed by atoms with Crippen LogP contribution in [0.3, 0.4) is 0 Å². The van der Waals surface area contributed by atoms with Crippen molar-refractivity contribution in [1.82, 2.24) is 5.32 Å². The van der Waals surface area contributed by atoms with Crippen LogP contribution in [0.4, 0.5) is 0 Å². The molecular formula is C22H38N2O3Si. The molecule has 28 heavy (non-hydrogen) atoms. The highest BCUT2D eigenvalue weighted by Gasteiger charge is 2.71. The van der Waals surface area contributed by atoms with Crippen LogP contribution in [0, 0.1) is 5.92 Å². The van der Waals surface area contributed by atoms with Crippen LogP contribution in [-0.2, 0) is 20.0 Å². The minimum atomic E-state index is -2.70. The maximum atomic E-state index is 6.49. The summed E-state index contributed by atoms with van der Waals surface area (Å²) in [7, 11) is 2.67. The molecule has 1 heterocycles. The molecule has 3 unspecified atom stereocenters. The molecule has 1 aliphatic rings. The summed E-state index contributed by atoms with van der Waals surface area (Å²) in [5.41, 5.74) is 6.79. The number of nitrogens with two attached hydrogens (primary N) is 1. The van der Waals surface area contributed by atoms with E-state index in [1.165, 1.54) is 5.56 Å². The molecule has 0 aliphatic carbocycles. The standard InChI is InChI=1S/C22H38N2O3Si/c1-6-14-22(25-3)21(24-16-15-23,18-19-11-9-8-10-12-19)20(7-2)13-17-28(22,26-4)27-5/h7-12,20,24H,2,6,13-18,23H2,1,3-5H3. The quantitative estimate of drug-likeness (QED) is 0.436.